The number of carbonyl (C=O) groups is 1. The van der Waals surface area contributed by atoms with Crippen molar-refractivity contribution in [3.05, 3.63) is 60.2 Å². The second-order valence-corrected chi connectivity index (χ2v) is 7.74. The lowest BCUT2D eigenvalue weighted by molar-refractivity contribution is 0.0994. The van der Waals surface area contributed by atoms with Crippen molar-refractivity contribution >= 4 is 43.8 Å². The van der Waals surface area contributed by atoms with Gasteiger partial charge in [-0.2, -0.15) is 0 Å². The number of carbonyl (C=O) groups excluding carboxylic acids is 1. The van der Waals surface area contributed by atoms with E-state index in [0.717, 1.165) is 5.69 Å². The number of sulfonamides is 1. The van der Waals surface area contributed by atoms with E-state index in [-0.39, 0.29) is 10.8 Å². The fourth-order valence-electron chi connectivity index (χ4n) is 3.38. The first-order valence-corrected chi connectivity index (χ1v) is 9.66. The molecule has 0 spiro atoms. The van der Waals surface area contributed by atoms with Gasteiger partial charge in [-0.15, -0.1) is 0 Å². The summed E-state index contributed by atoms with van der Waals surface area (Å²) in [4.78, 5) is 14.3. The number of rotatable bonds is 4. The van der Waals surface area contributed by atoms with Crippen LogP contribution in [0.4, 0.5) is 17.1 Å². The maximum absolute atomic E-state index is 13.0. The van der Waals surface area contributed by atoms with Gasteiger partial charge in [0.25, 0.3) is 15.9 Å². The third-order valence-corrected chi connectivity index (χ3v) is 5.93. The molecule has 0 saturated carbocycles. The molecule has 0 unspecified atom stereocenters. The first kappa shape index (κ1) is 16.4. The van der Waals surface area contributed by atoms with Crippen LogP contribution in [0, 0.1) is 0 Å². The number of hydrogen-bond acceptors (Lipinski definition) is 4. The molecule has 4 rings (SSSR count). The molecule has 1 aliphatic heterocycles. The quantitative estimate of drug-likeness (QED) is 0.693. The van der Waals surface area contributed by atoms with Crippen LogP contribution >= 0.6 is 0 Å². The molecule has 1 aliphatic rings. The predicted octanol–water partition coefficient (Wildman–Crippen LogP) is 3.20. The van der Waals surface area contributed by atoms with Gasteiger partial charge in [-0.3, -0.25) is 9.52 Å². The molecule has 0 fully saturated rings. The molecule has 0 aromatic heterocycles. The van der Waals surface area contributed by atoms with Gasteiger partial charge in [0.1, 0.15) is 0 Å². The van der Waals surface area contributed by atoms with Crippen LogP contribution in [0.15, 0.2) is 59.5 Å². The summed E-state index contributed by atoms with van der Waals surface area (Å²) in [6, 6.07) is 14.9. The number of anilines is 3. The Labute approximate surface area is 151 Å². The summed E-state index contributed by atoms with van der Waals surface area (Å²) in [6.45, 7) is 2.41. The molecule has 0 radical (unpaired) electrons. The maximum atomic E-state index is 13.0. The highest BCUT2D eigenvalue weighted by Gasteiger charge is 2.31. The average Bonchev–Trinajstić information content (AvgIpc) is 2.88. The second kappa shape index (κ2) is 5.74. The summed E-state index contributed by atoms with van der Waals surface area (Å²) in [6.07, 6.45) is 0. The molecular weight excluding hydrogens is 350 g/mol. The summed E-state index contributed by atoms with van der Waals surface area (Å²) >= 11 is 0. The summed E-state index contributed by atoms with van der Waals surface area (Å²) in [7, 11) is -3.84. The molecule has 0 atom stereocenters. The van der Waals surface area contributed by atoms with E-state index in [0.29, 0.717) is 34.3 Å². The van der Waals surface area contributed by atoms with Gasteiger partial charge in [-0.1, -0.05) is 18.2 Å². The number of nitrogens with zero attached hydrogens (tertiary/aromatic N) is 1. The zero-order chi connectivity index (χ0) is 18.5. The van der Waals surface area contributed by atoms with Crippen LogP contribution in [-0.4, -0.2) is 20.9 Å². The number of nitrogen functional groups attached to an aromatic ring is 1. The SMILES string of the molecule is CCN1C(=O)c2cccc3c(S(=O)(=O)Nc4cccc(N)c4)ccc1c23. The number of hydrogen-bond donors (Lipinski definition) is 2. The molecule has 0 saturated heterocycles. The normalized spacial score (nSPS) is 13.4. The van der Waals surface area contributed by atoms with Crippen molar-refractivity contribution in [2.45, 2.75) is 11.8 Å². The van der Waals surface area contributed by atoms with Gasteiger partial charge in [0.2, 0.25) is 0 Å². The first-order chi connectivity index (χ1) is 12.4. The van der Waals surface area contributed by atoms with Gasteiger partial charge in [-0.05, 0) is 43.3 Å². The van der Waals surface area contributed by atoms with E-state index in [2.05, 4.69) is 4.72 Å². The lowest BCUT2D eigenvalue weighted by atomic mass is 10.1. The molecule has 3 aromatic carbocycles. The van der Waals surface area contributed by atoms with Gasteiger partial charge < -0.3 is 10.6 Å². The highest BCUT2D eigenvalue weighted by molar-refractivity contribution is 7.93. The van der Waals surface area contributed by atoms with Gasteiger partial charge in [0.05, 0.1) is 16.3 Å². The predicted molar refractivity (Wildman–Crippen MR) is 103 cm³/mol. The third kappa shape index (κ3) is 2.40. The monoisotopic (exact) mass is 367 g/mol. The topological polar surface area (TPSA) is 92.5 Å². The van der Waals surface area contributed by atoms with E-state index >= 15 is 0 Å². The van der Waals surface area contributed by atoms with E-state index in [9.17, 15) is 13.2 Å². The van der Waals surface area contributed by atoms with Crippen molar-refractivity contribution in [1.82, 2.24) is 0 Å². The zero-order valence-electron chi connectivity index (χ0n) is 14.1. The van der Waals surface area contributed by atoms with Gasteiger partial charge in [0, 0.05) is 28.6 Å². The van der Waals surface area contributed by atoms with Crippen molar-refractivity contribution in [2.75, 3.05) is 21.9 Å². The largest absolute Gasteiger partial charge is 0.399 e. The van der Waals surface area contributed by atoms with Crippen LogP contribution in [0.25, 0.3) is 10.8 Å². The summed E-state index contributed by atoms with van der Waals surface area (Å²) in [5.74, 6) is -0.105. The average molecular weight is 367 g/mol. The zero-order valence-corrected chi connectivity index (χ0v) is 14.9. The van der Waals surface area contributed by atoms with Crippen LogP contribution in [0.5, 0.6) is 0 Å². The van der Waals surface area contributed by atoms with Crippen molar-refractivity contribution in [3.8, 4) is 0 Å². The minimum absolute atomic E-state index is 0.105. The Hall–Kier alpha value is -3.06. The Bertz CT molecular complexity index is 1160. The fourth-order valence-corrected chi connectivity index (χ4v) is 4.63. The molecule has 3 N–H and O–H groups in total. The number of nitrogens with two attached hydrogens (primary N) is 1. The van der Waals surface area contributed by atoms with Crippen LogP contribution in [-0.2, 0) is 10.0 Å². The minimum atomic E-state index is -3.84. The summed E-state index contributed by atoms with van der Waals surface area (Å²) < 4.78 is 28.5. The molecule has 0 bridgehead atoms. The van der Waals surface area contributed by atoms with Crippen LogP contribution in [0.3, 0.4) is 0 Å². The lowest BCUT2D eigenvalue weighted by Crippen LogP contribution is -2.25. The maximum Gasteiger partial charge on any atom is 0.262 e. The molecule has 6 nitrogen and oxygen atoms in total. The fraction of sp³-hybridized carbons (Fsp3) is 0.105. The Morgan fingerprint density at radius 1 is 1.08 bits per heavy atom. The number of amides is 1. The molecule has 3 aromatic rings. The van der Waals surface area contributed by atoms with Gasteiger partial charge in [0.15, 0.2) is 0 Å². The highest BCUT2D eigenvalue weighted by atomic mass is 32.2. The Kier molecular flexibility index (Phi) is 3.62. The summed E-state index contributed by atoms with van der Waals surface area (Å²) in [5, 5.41) is 1.20. The van der Waals surface area contributed by atoms with Crippen molar-refractivity contribution in [3.63, 3.8) is 0 Å². The number of benzene rings is 3. The standard InChI is InChI=1S/C19H17N3O3S/c1-2-22-16-9-10-17(14-7-4-8-15(18(14)16)19(22)23)26(24,25)21-13-6-3-5-12(20)11-13/h3-11,21H,2,20H2,1H3. The van der Waals surface area contributed by atoms with Crippen molar-refractivity contribution in [2.24, 2.45) is 0 Å². The second-order valence-electron chi connectivity index (χ2n) is 6.09. The molecule has 132 valence electrons. The van der Waals surface area contributed by atoms with E-state index in [1.54, 1.807) is 53.4 Å². The third-order valence-electron chi connectivity index (χ3n) is 4.49. The molecular formula is C19H17N3O3S. The van der Waals surface area contributed by atoms with E-state index in [4.69, 9.17) is 5.73 Å². The Morgan fingerprint density at radius 2 is 1.85 bits per heavy atom. The summed E-state index contributed by atoms with van der Waals surface area (Å²) in [5.41, 5.74) is 7.85. The Balaban J connectivity index is 1.89. The van der Waals surface area contributed by atoms with Gasteiger partial charge >= 0.3 is 0 Å². The molecule has 26 heavy (non-hydrogen) atoms. The highest BCUT2D eigenvalue weighted by Crippen LogP contribution is 2.40. The van der Waals surface area contributed by atoms with Crippen LogP contribution < -0.4 is 15.4 Å². The van der Waals surface area contributed by atoms with Crippen LogP contribution in [0.1, 0.15) is 17.3 Å². The van der Waals surface area contributed by atoms with E-state index in [1.807, 2.05) is 6.92 Å². The van der Waals surface area contributed by atoms with Crippen molar-refractivity contribution < 1.29 is 13.2 Å². The molecule has 7 heteroatoms. The van der Waals surface area contributed by atoms with E-state index in [1.165, 1.54) is 6.07 Å². The number of nitrogens with one attached hydrogen (secondary N) is 1. The molecule has 0 aliphatic carbocycles. The minimum Gasteiger partial charge on any atom is -0.399 e. The molecule has 1 heterocycles. The van der Waals surface area contributed by atoms with Gasteiger partial charge in [-0.25, -0.2) is 8.42 Å². The van der Waals surface area contributed by atoms with E-state index < -0.39 is 10.0 Å². The van der Waals surface area contributed by atoms with Crippen LogP contribution in [0.2, 0.25) is 0 Å². The lowest BCUT2D eigenvalue weighted by Gasteiger charge is -2.16. The Morgan fingerprint density at radius 3 is 2.58 bits per heavy atom. The molecule has 1 amide bonds. The van der Waals surface area contributed by atoms with Crippen molar-refractivity contribution in [1.29, 1.82) is 0 Å². The smallest absolute Gasteiger partial charge is 0.262 e. The first-order valence-electron chi connectivity index (χ1n) is 8.18.